The third-order valence-corrected chi connectivity index (χ3v) is 7.40. The summed E-state index contributed by atoms with van der Waals surface area (Å²) in [5, 5.41) is 3.48. The van der Waals surface area contributed by atoms with E-state index in [0.29, 0.717) is 66.2 Å². The fourth-order valence-electron chi connectivity index (χ4n) is 4.64. The first-order valence-corrected chi connectivity index (χ1v) is 14.3. The molecule has 8 nitrogen and oxygen atoms in total. The molecule has 0 atom stereocenters. The minimum Gasteiger partial charge on any atom is -0.490 e. The second-order valence-electron chi connectivity index (χ2n) is 8.93. The van der Waals surface area contributed by atoms with Gasteiger partial charge in [0, 0.05) is 30.1 Å². The highest BCUT2D eigenvalue weighted by atomic mass is 32.1. The average molecular weight is 553 g/mol. The third kappa shape index (κ3) is 6.72. The van der Waals surface area contributed by atoms with E-state index in [-0.39, 0.29) is 12.5 Å². The van der Waals surface area contributed by atoms with Gasteiger partial charge in [-0.05, 0) is 57.4 Å². The molecule has 4 rings (SSSR count). The van der Waals surface area contributed by atoms with Crippen LogP contribution in [0, 0.1) is 0 Å². The number of thiophene rings is 1. The Labute approximate surface area is 233 Å². The summed E-state index contributed by atoms with van der Waals surface area (Å²) in [6.45, 7) is 11.2. The van der Waals surface area contributed by atoms with E-state index in [2.05, 4.69) is 22.3 Å². The Hall–Kier alpha value is -3.56. The first-order valence-electron chi connectivity index (χ1n) is 13.4. The zero-order valence-corrected chi connectivity index (χ0v) is 23.8. The number of amides is 1. The summed E-state index contributed by atoms with van der Waals surface area (Å²) >= 11 is 1.43. The summed E-state index contributed by atoms with van der Waals surface area (Å²) in [6, 6.07) is 13.6. The van der Waals surface area contributed by atoms with Crippen LogP contribution in [0.2, 0.25) is 0 Å². The number of ether oxygens (including phenoxy) is 4. The van der Waals surface area contributed by atoms with Crippen LogP contribution in [-0.2, 0) is 24.2 Å². The molecule has 0 saturated heterocycles. The van der Waals surface area contributed by atoms with Crippen LogP contribution in [0.5, 0.6) is 17.2 Å². The fraction of sp³-hybridized carbons (Fsp3) is 0.400. The normalized spacial score (nSPS) is 12.9. The molecule has 3 aromatic rings. The van der Waals surface area contributed by atoms with Crippen LogP contribution >= 0.6 is 11.3 Å². The van der Waals surface area contributed by atoms with E-state index in [1.54, 1.807) is 19.1 Å². The van der Waals surface area contributed by atoms with Gasteiger partial charge in [0.15, 0.2) is 11.5 Å². The van der Waals surface area contributed by atoms with E-state index >= 15 is 0 Å². The summed E-state index contributed by atoms with van der Waals surface area (Å²) in [5.41, 5.74) is 2.99. The highest BCUT2D eigenvalue weighted by Crippen LogP contribution is 2.41. The van der Waals surface area contributed by atoms with Gasteiger partial charge in [-0.15, -0.1) is 11.3 Å². The monoisotopic (exact) mass is 552 g/mol. The van der Waals surface area contributed by atoms with Crippen LogP contribution in [0.25, 0.3) is 0 Å². The van der Waals surface area contributed by atoms with Crippen molar-refractivity contribution in [3.05, 3.63) is 69.6 Å². The lowest BCUT2D eigenvalue weighted by atomic mass is 10.0. The van der Waals surface area contributed by atoms with Crippen molar-refractivity contribution < 1.29 is 28.5 Å². The van der Waals surface area contributed by atoms with E-state index in [1.807, 2.05) is 39.0 Å². The molecule has 2 aromatic carbocycles. The van der Waals surface area contributed by atoms with Gasteiger partial charge in [0.1, 0.15) is 5.00 Å². The Bertz CT molecular complexity index is 1260. The molecular formula is C30H36N2O6S. The molecule has 0 radical (unpaired) electrons. The van der Waals surface area contributed by atoms with Crippen LogP contribution in [0.4, 0.5) is 5.00 Å². The van der Waals surface area contributed by atoms with Crippen molar-refractivity contribution in [2.75, 3.05) is 38.3 Å². The van der Waals surface area contributed by atoms with E-state index < -0.39 is 5.97 Å². The number of hydrogen-bond acceptors (Lipinski definition) is 8. The molecule has 1 aromatic heterocycles. The molecule has 0 bridgehead atoms. The van der Waals surface area contributed by atoms with Gasteiger partial charge < -0.3 is 24.3 Å². The predicted molar refractivity (Wildman–Crippen MR) is 152 cm³/mol. The maximum Gasteiger partial charge on any atom is 0.341 e. The summed E-state index contributed by atoms with van der Waals surface area (Å²) in [5.74, 6) is 0.546. The van der Waals surface area contributed by atoms with Crippen LogP contribution < -0.4 is 19.5 Å². The molecule has 1 amide bonds. The molecule has 9 heteroatoms. The molecule has 2 heterocycles. The molecule has 208 valence electrons. The Morgan fingerprint density at radius 2 is 1.59 bits per heavy atom. The van der Waals surface area contributed by atoms with Crippen LogP contribution in [0.1, 0.15) is 64.4 Å². The number of carbonyl (C=O) groups excluding carboxylic acids is 2. The molecule has 1 aliphatic rings. The molecule has 1 aliphatic heterocycles. The van der Waals surface area contributed by atoms with E-state index in [9.17, 15) is 9.59 Å². The largest absolute Gasteiger partial charge is 0.490 e. The Morgan fingerprint density at radius 3 is 2.21 bits per heavy atom. The van der Waals surface area contributed by atoms with Crippen molar-refractivity contribution in [1.29, 1.82) is 0 Å². The van der Waals surface area contributed by atoms with Crippen LogP contribution in [0.15, 0.2) is 42.5 Å². The number of esters is 1. The molecule has 0 aliphatic carbocycles. The number of anilines is 1. The summed E-state index contributed by atoms with van der Waals surface area (Å²) in [6.07, 6.45) is 0.703. The fourth-order valence-corrected chi connectivity index (χ4v) is 5.91. The highest BCUT2D eigenvalue weighted by Gasteiger charge is 2.30. The Morgan fingerprint density at radius 1 is 0.923 bits per heavy atom. The topological polar surface area (TPSA) is 86.3 Å². The maximum atomic E-state index is 13.5. The quantitative estimate of drug-likeness (QED) is 0.279. The first kappa shape index (κ1) is 28.4. The molecule has 0 unspecified atom stereocenters. The van der Waals surface area contributed by atoms with E-state index in [0.717, 1.165) is 23.5 Å². The Kier molecular flexibility index (Phi) is 9.84. The predicted octanol–water partition coefficient (Wildman–Crippen LogP) is 5.93. The number of fused-ring (bicyclic) bond motifs is 1. The lowest BCUT2D eigenvalue weighted by Crippen LogP contribution is -2.29. The summed E-state index contributed by atoms with van der Waals surface area (Å²) in [4.78, 5) is 30.0. The van der Waals surface area contributed by atoms with E-state index in [4.69, 9.17) is 18.9 Å². The van der Waals surface area contributed by atoms with Crippen molar-refractivity contribution in [3.8, 4) is 17.2 Å². The summed E-state index contributed by atoms with van der Waals surface area (Å²) in [7, 11) is 0. The van der Waals surface area contributed by atoms with Crippen molar-refractivity contribution in [2.45, 2.75) is 47.2 Å². The van der Waals surface area contributed by atoms with Gasteiger partial charge in [0.25, 0.3) is 5.91 Å². The number of benzene rings is 2. The van der Waals surface area contributed by atoms with Crippen molar-refractivity contribution >= 4 is 28.2 Å². The molecule has 0 saturated carbocycles. The zero-order valence-electron chi connectivity index (χ0n) is 23.0. The first-order chi connectivity index (χ1) is 19.0. The number of nitrogens with zero attached hydrogens (tertiary/aromatic N) is 1. The van der Waals surface area contributed by atoms with Gasteiger partial charge in [-0.1, -0.05) is 30.3 Å². The Balaban J connectivity index is 1.64. The smallest absolute Gasteiger partial charge is 0.341 e. The number of carbonyl (C=O) groups is 2. The third-order valence-electron chi connectivity index (χ3n) is 6.26. The summed E-state index contributed by atoms with van der Waals surface area (Å²) < 4.78 is 22.7. The van der Waals surface area contributed by atoms with Crippen molar-refractivity contribution in [3.63, 3.8) is 0 Å². The zero-order chi connectivity index (χ0) is 27.8. The lowest BCUT2D eigenvalue weighted by Gasteiger charge is -2.27. The van der Waals surface area contributed by atoms with Gasteiger partial charge in [-0.2, -0.15) is 0 Å². The van der Waals surface area contributed by atoms with Gasteiger partial charge in [-0.3, -0.25) is 9.69 Å². The van der Waals surface area contributed by atoms with E-state index in [1.165, 1.54) is 16.9 Å². The standard InChI is InChI=1S/C30H36N2O6S/c1-5-35-23-16-21(17-24(36-6-2)27(23)37-7-3)28(33)31-29-26(30(34)38-8-4)22-14-15-32(19-25(22)39-29)18-20-12-10-9-11-13-20/h9-13,16-17H,5-8,14-15,18-19H2,1-4H3,(H,31,33). The highest BCUT2D eigenvalue weighted by molar-refractivity contribution is 7.17. The second-order valence-corrected chi connectivity index (χ2v) is 10.0. The van der Waals surface area contributed by atoms with Crippen molar-refractivity contribution in [1.82, 2.24) is 4.90 Å². The number of rotatable bonds is 12. The van der Waals surface area contributed by atoms with Gasteiger partial charge in [0.05, 0.1) is 32.0 Å². The van der Waals surface area contributed by atoms with Crippen LogP contribution in [-0.4, -0.2) is 49.7 Å². The second kappa shape index (κ2) is 13.5. The molecule has 1 N–H and O–H groups in total. The molecule has 0 fully saturated rings. The minimum absolute atomic E-state index is 0.255. The molecule has 0 spiro atoms. The molecule has 39 heavy (non-hydrogen) atoms. The minimum atomic E-state index is -0.418. The number of hydrogen-bond donors (Lipinski definition) is 1. The lowest BCUT2D eigenvalue weighted by molar-refractivity contribution is 0.0526. The van der Waals surface area contributed by atoms with Crippen LogP contribution in [0.3, 0.4) is 0 Å². The average Bonchev–Trinajstić information content (AvgIpc) is 3.28. The SMILES string of the molecule is CCOC(=O)c1c(NC(=O)c2cc(OCC)c(OCC)c(OCC)c2)sc2c1CCN(Cc1ccccc1)C2. The maximum absolute atomic E-state index is 13.5. The van der Waals surface area contributed by atoms with Gasteiger partial charge >= 0.3 is 5.97 Å². The van der Waals surface area contributed by atoms with Gasteiger partial charge in [-0.25, -0.2) is 4.79 Å². The van der Waals surface area contributed by atoms with Crippen molar-refractivity contribution in [2.24, 2.45) is 0 Å². The van der Waals surface area contributed by atoms with Gasteiger partial charge in [0.2, 0.25) is 5.75 Å². The number of nitrogens with one attached hydrogen (secondary N) is 1. The molecular weight excluding hydrogens is 516 g/mol.